The van der Waals surface area contributed by atoms with Gasteiger partial charge >= 0.3 is 0 Å². The van der Waals surface area contributed by atoms with E-state index in [9.17, 15) is 9.18 Å². The van der Waals surface area contributed by atoms with Gasteiger partial charge < -0.3 is 4.57 Å². The van der Waals surface area contributed by atoms with Crippen LogP contribution in [0.5, 0.6) is 0 Å². The maximum Gasteiger partial charge on any atom is 0.239 e. The van der Waals surface area contributed by atoms with Crippen molar-refractivity contribution in [1.29, 1.82) is 0 Å². The maximum absolute atomic E-state index is 13.3. The number of rotatable bonds is 7. The molecule has 8 heteroatoms. The van der Waals surface area contributed by atoms with Crippen molar-refractivity contribution in [3.63, 3.8) is 0 Å². The number of nitrogens with zero attached hydrogens (tertiary/aromatic N) is 4. The Kier molecular flexibility index (Phi) is 6.25. The minimum absolute atomic E-state index is 0.0821. The SMILES string of the molecule is Cn1ccnc1SCC(=O)N(Cc1ccc(F)cc1)c1nc(-c2ccccc2)cs1. The van der Waals surface area contributed by atoms with Gasteiger partial charge in [0.1, 0.15) is 5.82 Å². The molecule has 1 amide bonds. The Morgan fingerprint density at radius 1 is 1.17 bits per heavy atom. The molecule has 4 rings (SSSR count). The highest BCUT2D eigenvalue weighted by Gasteiger charge is 2.21. The molecule has 2 aromatic heterocycles. The summed E-state index contributed by atoms with van der Waals surface area (Å²) >= 11 is 2.80. The summed E-state index contributed by atoms with van der Waals surface area (Å²) in [5, 5.41) is 3.33. The van der Waals surface area contributed by atoms with Crippen molar-refractivity contribution in [2.24, 2.45) is 7.05 Å². The summed E-state index contributed by atoms with van der Waals surface area (Å²) in [6, 6.07) is 16.0. The van der Waals surface area contributed by atoms with Crippen LogP contribution in [0.2, 0.25) is 0 Å². The fourth-order valence-electron chi connectivity index (χ4n) is 2.86. The molecule has 152 valence electrons. The molecule has 0 fully saturated rings. The number of benzene rings is 2. The number of carbonyl (C=O) groups excluding carboxylic acids is 1. The van der Waals surface area contributed by atoms with E-state index >= 15 is 0 Å². The number of imidazole rings is 1. The van der Waals surface area contributed by atoms with Crippen LogP contribution >= 0.6 is 23.1 Å². The second kappa shape index (κ2) is 9.23. The fourth-order valence-corrected chi connectivity index (χ4v) is 4.52. The normalized spacial score (nSPS) is 10.9. The van der Waals surface area contributed by atoms with Crippen molar-refractivity contribution in [2.45, 2.75) is 11.7 Å². The molecule has 30 heavy (non-hydrogen) atoms. The van der Waals surface area contributed by atoms with Crippen molar-refractivity contribution >= 4 is 34.1 Å². The summed E-state index contributed by atoms with van der Waals surface area (Å²) in [5.41, 5.74) is 2.66. The molecule has 0 aliphatic rings. The van der Waals surface area contributed by atoms with Gasteiger partial charge in [0.2, 0.25) is 5.91 Å². The highest BCUT2D eigenvalue weighted by atomic mass is 32.2. The number of thioether (sulfide) groups is 1. The summed E-state index contributed by atoms with van der Waals surface area (Å²) in [6.07, 6.45) is 3.55. The number of aryl methyl sites for hydroxylation is 1. The lowest BCUT2D eigenvalue weighted by molar-refractivity contribution is -0.116. The third-order valence-corrected chi connectivity index (χ3v) is 6.36. The first-order chi connectivity index (χ1) is 14.6. The lowest BCUT2D eigenvalue weighted by atomic mass is 10.2. The largest absolute Gasteiger partial charge is 0.329 e. The number of amides is 1. The number of aromatic nitrogens is 3. The Morgan fingerprint density at radius 2 is 1.93 bits per heavy atom. The van der Waals surface area contributed by atoms with E-state index in [0.29, 0.717) is 11.7 Å². The lowest BCUT2D eigenvalue weighted by Crippen LogP contribution is -2.32. The van der Waals surface area contributed by atoms with E-state index in [2.05, 4.69) is 4.98 Å². The topological polar surface area (TPSA) is 51.0 Å². The molecular weight excluding hydrogens is 419 g/mol. The molecule has 0 aliphatic carbocycles. The van der Waals surface area contributed by atoms with Gasteiger partial charge in [-0.2, -0.15) is 0 Å². The Bertz CT molecular complexity index is 1130. The van der Waals surface area contributed by atoms with Crippen LogP contribution < -0.4 is 4.90 Å². The molecule has 4 aromatic rings. The van der Waals surface area contributed by atoms with E-state index in [1.165, 1.54) is 35.2 Å². The highest BCUT2D eigenvalue weighted by Crippen LogP contribution is 2.29. The third kappa shape index (κ3) is 4.77. The van der Waals surface area contributed by atoms with Crippen molar-refractivity contribution in [1.82, 2.24) is 14.5 Å². The molecule has 0 radical (unpaired) electrons. The van der Waals surface area contributed by atoms with Crippen molar-refractivity contribution < 1.29 is 9.18 Å². The molecular formula is C22H19FN4OS2. The van der Waals surface area contributed by atoms with Crippen LogP contribution in [0.1, 0.15) is 5.56 Å². The molecule has 2 heterocycles. The van der Waals surface area contributed by atoms with Gasteiger partial charge in [-0.05, 0) is 17.7 Å². The zero-order valence-electron chi connectivity index (χ0n) is 16.2. The van der Waals surface area contributed by atoms with Gasteiger partial charge in [-0.25, -0.2) is 14.4 Å². The molecule has 0 N–H and O–H groups in total. The van der Waals surface area contributed by atoms with Gasteiger partial charge in [0.15, 0.2) is 10.3 Å². The van der Waals surface area contributed by atoms with Gasteiger partial charge in [-0.1, -0.05) is 54.2 Å². The van der Waals surface area contributed by atoms with Crippen LogP contribution in [0.3, 0.4) is 0 Å². The zero-order valence-corrected chi connectivity index (χ0v) is 17.9. The lowest BCUT2D eigenvalue weighted by Gasteiger charge is -2.20. The Hall–Kier alpha value is -2.97. The van der Waals surface area contributed by atoms with Gasteiger partial charge in [0.25, 0.3) is 0 Å². The smallest absolute Gasteiger partial charge is 0.239 e. The number of thiazole rings is 1. The third-order valence-electron chi connectivity index (χ3n) is 4.45. The highest BCUT2D eigenvalue weighted by molar-refractivity contribution is 7.99. The monoisotopic (exact) mass is 438 g/mol. The van der Waals surface area contributed by atoms with Crippen molar-refractivity contribution in [3.8, 4) is 11.3 Å². The first-order valence-electron chi connectivity index (χ1n) is 9.26. The van der Waals surface area contributed by atoms with Gasteiger partial charge in [0, 0.05) is 30.4 Å². The number of hydrogen-bond donors (Lipinski definition) is 0. The standard InChI is InChI=1S/C22H19FN4OS2/c1-26-12-11-24-21(26)30-15-20(28)27(13-16-7-9-18(23)10-8-16)22-25-19(14-29-22)17-5-3-2-4-6-17/h2-12,14H,13,15H2,1H3. The number of anilines is 1. The van der Waals surface area contributed by atoms with E-state index in [-0.39, 0.29) is 17.5 Å². The zero-order chi connectivity index (χ0) is 20.9. The molecule has 2 aromatic carbocycles. The summed E-state index contributed by atoms with van der Waals surface area (Å²) in [5.74, 6) is -0.157. The average molecular weight is 439 g/mol. The maximum atomic E-state index is 13.3. The summed E-state index contributed by atoms with van der Waals surface area (Å²) < 4.78 is 15.2. The number of hydrogen-bond acceptors (Lipinski definition) is 5. The predicted molar refractivity (Wildman–Crippen MR) is 119 cm³/mol. The van der Waals surface area contributed by atoms with Gasteiger partial charge in [-0.15, -0.1) is 11.3 Å². The van der Waals surface area contributed by atoms with Crippen molar-refractivity contribution in [2.75, 3.05) is 10.7 Å². The summed E-state index contributed by atoms with van der Waals surface area (Å²) in [7, 11) is 1.89. The second-order valence-corrected chi connectivity index (χ2v) is 8.38. The van der Waals surface area contributed by atoms with Crippen LogP contribution in [0, 0.1) is 5.82 Å². The van der Waals surface area contributed by atoms with E-state index in [4.69, 9.17) is 4.98 Å². The van der Waals surface area contributed by atoms with Crippen LogP contribution in [-0.2, 0) is 18.4 Å². The van der Waals surface area contributed by atoms with E-state index in [1.54, 1.807) is 23.2 Å². The van der Waals surface area contributed by atoms with Crippen LogP contribution in [-0.4, -0.2) is 26.2 Å². The number of halogens is 1. The van der Waals surface area contributed by atoms with E-state index in [0.717, 1.165) is 22.0 Å². The fraction of sp³-hybridized carbons (Fsp3) is 0.136. The Labute approximate surface area is 182 Å². The second-order valence-electron chi connectivity index (χ2n) is 6.60. The average Bonchev–Trinajstić information content (AvgIpc) is 3.41. The molecule has 5 nitrogen and oxygen atoms in total. The number of carbonyl (C=O) groups is 1. The molecule has 0 saturated heterocycles. The van der Waals surface area contributed by atoms with Crippen LogP contribution in [0.15, 0.2) is 77.5 Å². The summed E-state index contributed by atoms with van der Waals surface area (Å²) in [6.45, 7) is 0.321. The quantitative estimate of drug-likeness (QED) is 0.381. The first-order valence-corrected chi connectivity index (χ1v) is 11.1. The molecule has 0 bridgehead atoms. The molecule has 0 saturated carbocycles. The molecule has 0 aliphatic heterocycles. The summed E-state index contributed by atoms with van der Waals surface area (Å²) in [4.78, 5) is 23.7. The predicted octanol–water partition coefficient (Wildman–Crippen LogP) is 5.01. The van der Waals surface area contributed by atoms with Crippen LogP contribution in [0.25, 0.3) is 11.3 Å². The van der Waals surface area contributed by atoms with Gasteiger partial charge in [-0.3, -0.25) is 9.69 Å². The van der Waals surface area contributed by atoms with Crippen molar-refractivity contribution in [3.05, 3.63) is 83.8 Å². The van der Waals surface area contributed by atoms with E-state index < -0.39 is 0 Å². The molecule has 0 unspecified atom stereocenters. The van der Waals surface area contributed by atoms with Crippen LogP contribution in [0.4, 0.5) is 9.52 Å². The van der Waals surface area contributed by atoms with Gasteiger partial charge in [0.05, 0.1) is 18.0 Å². The Balaban J connectivity index is 1.58. The Morgan fingerprint density at radius 3 is 2.63 bits per heavy atom. The van der Waals surface area contributed by atoms with E-state index in [1.807, 2.05) is 53.5 Å². The molecule has 0 spiro atoms. The first kappa shape index (κ1) is 20.3. The minimum atomic E-state index is -0.303. The molecule has 0 atom stereocenters. The minimum Gasteiger partial charge on any atom is -0.329 e.